The van der Waals surface area contributed by atoms with Crippen molar-refractivity contribution < 1.29 is 4.55 Å². The van der Waals surface area contributed by atoms with Crippen LogP contribution in [0.5, 0.6) is 0 Å². The zero-order valence-electron chi connectivity index (χ0n) is 17.6. The van der Waals surface area contributed by atoms with Gasteiger partial charge in [-0.3, -0.25) is 4.99 Å². The van der Waals surface area contributed by atoms with Crippen molar-refractivity contribution in [3.05, 3.63) is 52.8 Å². The molecule has 0 aliphatic rings. The normalized spacial score (nSPS) is 12.2. The molecule has 0 saturated carbocycles. The van der Waals surface area contributed by atoms with E-state index in [4.69, 9.17) is 11.5 Å². The van der Waals surface area contributed by atoms with E-state index in [1.54, 1.807) is 18.1 Å². The highest BCUT2D eigenvalue weighted by molar-refractivity contribution is 7.98. The van der Waals surface area contributed by atoms with Gasteiger partial charge in [0.2, 0.25) is 16.4 Å². The minimum absolute atomic E-state index is 0.0347. The van der Waals surface area contributed by atoms with Gasteiger partial charge in [0, 0.05) is 38.2 Å². The standard InChI is InChI=1S/C19H22N10OS3/c1-11-14(24-10-23-11)8-31-6-5-22-16-17(29-33(30)28-16)25-13-4-2-3-12(7-13)15-9-32-19(26-15)27-18(20)21/h2-4,7,9-10H,5-6,8H2,1H3,(H,22,28)(H,23,24)(H,25,29)(H4,20,21,26,27). The first-order valence-electron chi connectivity index (χ1n) is 9.79. The number of aryl methyl sites for hydroxylation is 1. The van der Waals surface area contributed by atoms with Gasteiger partial charge in [0.1, 0.15) is 0 Å². The van der Waals surface area contributed by atoms with Crippen molar-refractivity contribution in [3.63, 3.8) is 0 Å². The zero-order chi connectivity index (χ0) is 23.2. The number of anilines is 2. The fraction of sp³-hybridized carbons (Fsp3) is 0.211. The van der Waals surface area contributed by atoms with Crippen LogP contribution in [0.3, 0.4) is 0 Å². The number of aromatic amines is 2. The van der Waals surface area contributed by atoms with Gasteiger partial charge in [0.15, 0.2) is 17.1 Å². The molecule has 0 aliphatic heterocycles. The average Bonchev–Trinajstić information content (AvgIpc) is 3.49. The van der Waals surface area contributed by atoms with E-state index in [0.29, 0.717) is 23.0 Å². The van der Waals surface area contributed by atoms with Crippen molar-refractivity contribution in [1.82, 2.24) is 23.7 Å². The van der Waals surface area contributed by atoms with Crippen molar-refractivity contribution in [1.29, 1.82) is 0 Å². The van der Waals surface area contributed by atoms with Crippen molar-refractivity contribution in [2.24, 2.45) is 21.5 Å². The van der Waals surface area contributed by atoms with Gasteiger partial charge in [-0.2, -0.15) is 16.8 Å². The van der Waals surface area contributed by atoms with Crippen LogP contribution in [0, 0.1) is 6.92 Å². The first-order valence-corrected chi connectivity index (χ1v) is 12.9. The van der Waals surface area contributed by atoms with Gasteiger partial charge >= 0.3 is 0 Å². The van der Waals surface area contributed by atoms with E-state index in [9.17, 15) is 4.55 Å². The Balaban J connectivity index is 1.42. The number of aliphatic imine (C=N–C) groups is 1. The summed E-state index contributed by atoms with van der Waals surface area (Å²) in [7, 11) is 0. The predicted molar refractivity (Wildman–Crippen MR) is 133 cm³/mol. The van der Waals surface area contributed by atoms with Gasteiger partial charge in [-0.05, 0) is 19.1 Å². The molecule has 33 heavy (non-hydrogen) atoms. The van der Waals surface area contributed by atoms with E-state index in [0.717, 1.165) is 39.8 Å². The first kappa shape index (κ1) is 23.0. The first-order chi connectivity index (χ1) is 16.0. The molecule has 11 nitrogen and oxygen atoms in total. The highest BCUT2D eigenvalue weighted by Gasteiger charge is 2.11. The zero-order valence-corrected chi connectivity index (χ0v) is 20.1. The van der Waals surface area contributed by atoms with Crippen LogP contribution in [0.15, 0.2) is 46.0 Å². The summed E-state index contributed by atoms with van der Waals surface area (Å²) in [5, 5.41) is 5.55. The molecule has 1 atom stereocenters. The fourth-order valence-corrected chi connectivity index (χ4v) is 5.08. The van der Waals surface area contributed by atoms with Gasteiger partial charge in [0.25, 0.3) is 0 Å². The Morgan fingerprint density at radius 3 is 3.03 bits per heavy atom. The Hall–Kier alpha value is -3.20. The fourth-order valence-electron chi connectivity index (χ4n) is 2.84. The number of hydrogen-bond donors (Lipinski definition) is 5. The second-order valence-electron chi connectivity index (χ2n) is 6.81. The second-order valence-corrected chi connectivity index (χ2v) is 9.63. The molecule has 0 fully saturated rings. The van der Waals surface area contributed by atoms with E-state index in [1.807, 2.05) is 36.6 Å². The lowest BCUT2D eigenvalue weighted by Gasteiger charge is -2.04. The van der Waals surface area contributed by atoms with Crippen molar-refractivity contribution in [2.45, 2.75) is 12.7 Å². The molecular weight excluding hydrogens is 480 g/mol. The highest BCUT2D eigenvalue weighted by Crippen LogP contribution is 2.28. The third kappa shape index (κ3) is 6.19. The van der Waals surface area contributed by atoms with Crippen LogP contribution >= 0.6 is 34.2 Å². The van der Waals surface area contributed by atoms with Crippen LogP contribution in [0.25, 0.3) is 11.3 Å². The summed E-state index contributed by atoms with van der Waals surface area (Å²) in [6.07, 6.45) is 1.70. The smallest absolute Gasteiger partial charge is 0.236 e. The number of nitrogens with zero attached hydrogens (tertiary/aromatic N) is 5. The third-order valence-electron chi connectivity index (χ3n) is 4.40. The summed E-state index contributed by atoms with van der Waals surface area (Å²) in [4.78, 5) is 20.3. The summed E-state index contributed by atoms with van der Waals surface area (Å²) in [6.45, 7) is 2.56. The minimum atomic E-state index is -1.56. The quantitative estimate of drug-likeness (QED) is 0.100. The monoisotopic (exact) mass is 502 g/mol. The molecule has 3 heterocycles. The maximum Gasteiger partial charge on any atom is 0.236 e. The van der Waals surface area contributed by atoms with E-state index in [-0.39, 0.29) is 5.96 Å². The molecule has 3 aromatic heterocycles. The van der Waals surface area contributed by atoms with Crippen LogP contribution in [-0.4, -0.2) is 46.5 Å². The molecule has 1 aromatic carbocycles. The van der Waals surface area contributed by atoms with Crippen LogP contribution in [0.1, 0.15) is 11.4 Å². The summed E-state index contributed by atoms with van der Waals surface area (Å²) in [5.41, 5.74) is 15.8. The van der Waals surface area contributed by atoms with Gasteiger partial charge in [-0.25, -0.2) is 9.97 Å². The molecule has 0 aliphatic carbocycles. The number of benzene rings is 1. The van der Waals surface area contributed by atoms with Gasteiger partial charge < -0.3 is 26.3 Å². The maximum absolute atomic E-state index is 11.9. The number of imidazole rings is 1. The van der Waals surface area contributed by atoms with E-state index in [1.165, 1.54) is 11.3 Å². The lowest BCUT2D eigenvalue weighted by Crippen LogP contribution is -2.21. The van der Waals surface area contributed by atoms with E-state index in [2.05, 4.69) is 39.0 Å². The number of thiazole rings is 1. The Morgan fingerprint density at radius 1 is 1.36 bits per heavy atom. The number of rotatable bonds is 9. The number of aromatic nitrogens is 5. The molecule has 0 radical (unpaired) electrons. The number of H-pyrrole nitrogens is 2. The average molecular weight is 503 g/mol. The minimum Gasteiger partial charge on any atom is -0.548 e. The topological polar surface area (TPSA) is 182 Å². The van der Waals surface area contributed by atoms with Crippen LogP contribution in [0.4, 0.5) is 16.6 Å². The van der Waals surface area contributed by atoms with Crippen molar-refractivity contribution in [2.75, 3.05) is 17.6 Å². The van der Waals surface area contributed by atoms with E-state index >= 15 is 0 Å². The molecule has 0 saturated heterocycles. The molecule has 1 unspecified atom stereocenters. The molecule has 4 aromatic rings. The SMILES string of the molecule is Cc1[nH]cnc1CSCCN=c1[nH][s+]([O-])nc1Nc1cccc(-c2csc(N=C(N)N)n2)c1. The molecule has 0 amide bonds. The van der Waals surface area contributed by atoms with Crippen molar-refractivity contribution >= 4 is 56.8 Å². The molecule has 14 heteroatoms. The molecular formula is C19H22N10OS3. The van der Waals surface area contributed by atoms with Gasteiger partial charge in [0.05, 0.1) is 24.3 Å². The highest BCUT2D eigenvalue weighted by atomic mass is 32.2. The summed E-state index contributed by atoms with van der Waals surface area (Å²) in [6, 6.07) is 7.62. The second kappa shape index (κ2) is 10.6. The summed E-state index contributed by atoms with van der Waals surface area (Å²) < 4.78 is 18.8. The summed E-state index contributed by atoms with van der Waals surface area (Å²) in [5.74, 6) is 2.01. The molecule has 172 valence electrons. The lowest BCUT2D eigenvalue weighted by molar-refractivity contribution is 0.584. The molecule has 0 spiro atoms. The predicted octanol–water partition coefficient (Wildman–Crippen LogP) is 2.77. The Morgan fingerprint density at radius 2 is 2.24 bits per heavy atom. The molecule has 0 bridgehead atoms. The number of nitrogens with one attached hydrogen (secondary N) is 3. The number of guanidine groups is 1. The van der Waals surface area contributed by atoms with Gasteiger partial charge in [-0.15, -0.1) is 15.7 Å². The number of nitrogens with two attached hydrogens (primary N) is 2. The summed E-state index contributed by atoms with van der Waals surface area (Å²) >= 11 is 1.52. The number of hydrogen-bond acceptors (Lipinski definition) is 9. The maximum atomic E-state index is 11.9. The number of thioether (sulfide) groups is 1. The Kier molecular flexibility index (Phi) is 7.39. The lowest BCUT2D eigenvalue weighted by atomic mass is 10.1. The van der Waals surface area contributed by atoms with Crippen LogP contribution in [0.2, 0.25) is 0 Å². The van der Waals surface area contributed by atoms with Crippen LogP contribution in [-0.2, 0) is 5.75 Å². The van der Waals surface area contributed by atoms with Crippen molar-refractivity contribution in [3.8, 4) is 11.3 Å². The Bertz CT molecular complexity index is 1320. The molecule has 4 rings (SSSR count). The van der Waals surface area contributed by atoms with Crippen LogP contribution < -0.4 is 22.3 Å². The van der Waals surface area contributed by atoms with E-state index < -0.39 is 11.1 Å². The Labute approximate surface area is 200 Å². The molecule has 7 N–H and O–H groups in total. The third-order valence-corrected chi connectivity index (χ3v) is 6.80. The van der Waals surface area contributed by atoms with Gasteiger partial charge in [-0.1, -0.05) is 12.1 Å². The largest absolute Gasteiger partial charge is 0.548 e.